The predicted molar refractivity (Wildman–Crippen MR) is 64.4 cm³/mol. The van der Waals surface area contributed by atoms with Crippen LogP contribution >= 0.6 is 31.9 Å². The van der Waals surface area contributed by atoms with Crippen LogP contribution in [-0.2, 0) is 0 Å². The topological polar surface area (TPSA) is 46.0 Å². The summed E-state index contributed by atoms with van der Waals surface area (Å²) in [6, 6.07) is 1.39. The van der Waals surface area contributed by atoms with Crippen molar-refractivity contribution in [3.05, 3.63) is 39.3 Å². The number of halogens is 4. The molecular weight excluding hydrogens is 362 g/mol. The van der Waals surface area contributed by atoms with E-state index in [4.69, 9.17) is 0 Å². The van der Waals surface area contributed by atoms with E-state index in [1.165, 1.54) is 12.3 Å². The first-order chi connectivity index (χ1) is 8.00. The quantitative estimate of drug-likeness (QED) is 0.784. The fraction of sp³-hybridized carbons (Fsp3) is 0. The van der Waals surface area contributed by atoms with Crippen molar-refractivity contribution >= 4 is 31.9 Å². The van der Waals surface area contributed by atoms with E-state index in [9.17, 15) is 13.9 Å². The van der Waals surface area contributed by atoms with Gasteiger partial charge in [-0.3, -0.25) is 0 Å². The summed E-state index contributed by atoms with van der Waals surface area (Å²) in [6.45, 7) is 0. The number of hydrogen-bond donors (Lipinski definition) is 1. The second-order valence-corrected chi connectivity index (χ2v) is 4.88. The third-order valence-electron chi connectivity index (χ3n) is 2.04. The first kappa shape index (κ1) is 12.4. The van der Waals surface area contributed by atoms with E-state index in [0.29, 0.717) is 4.47 Å². The van der Waals surface area contributed by atoms with Gasteiger partial charge in [-0.15, -0.1) is 0 Å². The van der Waals surface area contributed by atoms with Crippen molar-refractivity contribution in [2.45, 2.75) is 0 Å². The van der Waals surface area contributed by atoms with Crippen LogP contribution in [0.4, 0.5) is 8.78 Å². The lowest BCUT2D eigenvalue weighted by Crippen LogP contribution is -1.94. The Balaban J connectivity index is 2.76. The second-order valence-electron chi connectivity index (χ2n) is 3.11. The molecule has 0 radical (unpaired) electrons. The largest absolute Gasteiger partial charge is 0.503 e. The molecule has 1 N–H and O–H groups in total. The van der Waals surface area contributed by atoms with Crippen molar-refractivity contribution in [3.8, 4) is 16.9 Å². The lowest BCUT2D eigenvalue weighted by molar-refractivity contribution is 0.420. The Morgan fingerprint density at radius 2 is 1.71 bits per heavy atom. The minimum Gasteiger partial charge on any atom is -0.503 e. The molecule has 7 heteroatoms. The molecule has 0 aliphatic rings. The molecule has 0 saturated heterocycles. The zero-order valence-corrected chi connectivity index (χ0v) is 11.3. The van der Waals surface area contributed by atoms with Gasteiger partial charge in [0, 0.05) is 32.5 Å². The highest BCUT2D eigenvalue weighted by Crippen LogP contribution is 2.38. The highest BCUT2D eigenvalue weighted by molar-refractivity contribution is 9.10. The van der Waals surface area contributed by atoms with Gasteiger partial charge in [0.1, 0.15) is 0 Å². The van der Waals surface area contributed by atoms with Gasteiger partial charge in [-0.2, -0.15) is 8.78 Å². The fourth-order valence-electron chi connectivity index (χ4n) is 1.31. The molecule has 3 nitrogen and oxygen atoms in total. The average molecular weight is 366 g/mol. The Hall–Kier alpha value is -1.08. The van der Waals surface area contributed by atoms with E-state index in [1.807, 2.05) is 0 Å². The molecule has 2 rings (SSSR count). The molecule has 88 valence electrons. The van der Waals surface area contributed by atoms with Gasteiger partial charge in [-0.05, 0) is 37.9 Å². The van der Waals surface area contributed by atoms with Gasteiger partial charge >= 0.3 is 0 Å². The summed E-state index contributed by atoms with van der Waals surface area (Å²) in [5, 5.41) is 9.57. The van der Waals surface area contributed by atoms with Gasteiger partial charge in [-0.25, -0.2) is 9.97 Å². The number of nitrogens with zero attached hydrogens (tertiary/aromatic N) is 2. The Bertz CT molecular complexity index is 593. The van der Waals surface area contributed by atoms with Gasteiger partial charge in [-0.1, -0.05) is 0 Å². The summed E-state index contributed by atoms with van der Waals surface area (Å²) in [4.78, 5) is 6.78. The maximum Gasteiger partial charge on any atom is 0.255 e. The average Bonchev–Trinajstić information content (AvgIpc) is 2.29. The summed E-state index contributed by atoms with van der Waals surface area (Å²) in [7, 11) is 0. The highest BCUT2D eigenvalue weighted by Gasteiger charge is 2.18. The molecule has 0 unspecified atom stereocenters. The van der Waals surface area contributed by atoms with Gasteiger partial charge in [0.25, 0.3) is 5.95 Å². The molecule has 17 heavy (non-hydrogen) atoms. The van der Waals surface area contributed by atoms with E-state index >= 15 is 0 Å². The summed E-state index contributed by atoms with van der Waals surface area (Å²) in [6.07, 6.45) is 2.41. The lowest BCUT2D eigenvalue weighted by atomic mass is 10.1. The summed E-state index contributed by atoms with van der Waals surface area (Å²) in [5.74, 6) is -2.60. The molecule has 0 amide bonds. The number of pyridine rings is 2. The second kappa shape index (κ2) is 4.66. The molecule has 0 atom stereocenters. The Labute approximate surface area is 112 Å². The van der Waals surface area contributed by atoms with Crippen LogP contribution in [0.25, 0.3) is 11.1 Å². The van der Waals surface area contributed by atoms with Crippen LogP contribution in [-0.4, -0.2) is 15.1 Å². The van der Waals surface area contributed by atoms with E-state index in [2.05, 4.69) is 41.8 Å². The molecule has 0 fully saturated rings. The standard InChI is InChI=1S/C10H4Br2F2N2O/c11-4-1-5(9(13)15-2-4)7-6(12)3-16-10(14)8(7)17/h1-3,17H. The van der Waals surface area contributed by atoms with Crippen LogP contribution in [0.5, 0.6) is 5.75 Å². The van der Waals surface area contributed by atoms with Gasteiger partial charge in [0.15, 0.2) is 5.75 Å². The number of hydrogen-bond acceptors (Lipinski definition) is 3. The van der Waals surface area contributed by atoms with Crippen molar-refractivity contribution in [1.29, 1.82) is 0 Å². The number of aromatic hydroxyl groups is 1. The van der Waals surface area contributed by atoms with Crippen LogP contribution in [0, 0.1) is 11.9 Å². The van der Waals surface area contributed by atoms with Gasteiger partial charge in [0.2, 0.25) is 5.95 Å². The van der Waals surface area contributed by atoms with E-state index < -0.39 is 17.6 Å². The lowest BCUT2D eigenvalue weighted by Gasteiger charge is -2.08. The van der Waals surface area contributed by atoms with E-state index in [1.54, 1.807) is 0 Å². The van der Waals surface area contributed by atoms with Crippen molar-refractivity contribution in [1.82, 2.24) is 9.97 Å². The molecule has 0 aliphatic heterocycles. The SMILES string of the molecule is Oc1c(F)ncc(Br)c1-c1cc(Br)cnc1F. The molecule has 2 aromatic rings. The third-order valence-corrected chi connectivity index (χ3v) is 3.07. The van der Waals surface area contributed by atoms with Crippen LogP contribution in [0.15, 0.2) is 27.4 Å². The Morgan fingerprint density at radius 1 is 1.06 bits per heavy atom. The molecular formula is C10H4Br2F2N2O. The molecule has 2 aromatic heterocycles. The van der Waals surface area contributed by atoms with Crippen LogP contribution in [0.1, 0.15) is 0 Å². The number of aromatic nitrogens is 2. The molecule has 0 bridgehead atoms. The Morgan fingerprint density at radius 3 is 2.41 bits per heavy atom. The smallest absolute Gasteiger partial charge is 0.255 e. The van der Waals surface area contributed by atoms with Gasteiger partial charge < -0.3 is 5.11 Å². The zero-order valence-electron chi connectivity index (χ0n) is 8.09. The number of rotatable bonds is 1. The molecule has 0 aromatic carbocycles. The molecule has 0 aliphatic carbocycles. The molecule has 0 spiro atoms. The van der Waals surface area contributed by atoms with Crippen molar-refractivity contribution in [2.75, 3.05) is 0 Å². The van der Waals surface area contributed by atoms with Crippen LogP contribution in [0.2, 0.25) is 0 Å². The monoisotopic (exact) mass is 364 g/mol. The highest BCUT2D eigenvalue weighted by atomic mass is 79.9. The fourth-order valence-corrected chi connectivity index (χ4v) is 2.14. The minimum atomic E-state index is -1.07. The van der Waals surface area contributed by atoms with Gasteiger partial charge in [0.05, 0.1) is 0 Å². The van der Waals surface area contributed by atoms with E-state index in [0.717, 1.165) is 6.20 Å². The first-order valence-corrected chi connectivity index (χ1v) is 5.93. The Kier molecular flexibility index (Phi) is 3.39. The van der Waals surface area contributed by atoms with Crippen molar-refractivity contribution < 1.29 is 13.9 Å². The third kappa shape index (κ3) is 2.30. The summed E-state index contributed by atoms with van der Waals surface area (Å²) < 4.78 is 27.5. The first-order valence-electron chi connectivity index (χ1n) is 4.35. The summed E-state index contributed by atoms with van der Waals surface area (Å²) in [5.41, 5.74) is -0.0474. The zero-order chi connectivity index (χ0) is 12.6. The maximum atomic E-state index is 13.5. The summed E-state index contributed by atoms with van der Waals surface area (Å²) >= 11 is 6.20. The van der Waals surface area contributed by atoms with Crippen molar-refractivity contribution in [3.63, 3.8) is 0 Å². The van der Waals surface area contributed by atoms with E-state index in [-0.39, 0.29) is 15.6 Å². The van der Waals surface area contributed by atoms with Crippen LogP contribution < -0.4 is 0 Å². The van der Waals surface area contributed by atoms with Crippen molar-refractivity contribution in [2.24, 2.45) is 0 Å². The molecule has 2 heterocycles. The minimum absolute atomic E-state index is 0.0231. The van der Waals surface area contributed by atoms with Crippen LogP contribution in [0.3, 0.4) is 0 Å². The predicted octanol–water partition coefficient (Wildman–Crippen LogP) is 3.65. The normalized spacial score (nSPS) is 10.6. The maximum absolute atomic E-state index is 13.5. The molecule has 0 saturated carbocycles.